The standard InChI is InChI=1S/C10H13N3O/c1-3-4-5-6-13-10(14)7-9(11-2)8-12-13/h7-8,11H,5-6H2,1-2H3. The molecule has 0 radical (unpaired) electrons. The number of aromatic nitrogens is 2. The first kappa shape index (κ1) is 10.3. The minimum Gasteiger partial charge on any atom is -0.387 e. The Morgan fingerprint density at radius 3 is 3.00 bits per heavy atom. The average Bonchev–Trinajstić information content (AvgIpc) is 2.20. The fourth-order valence-corrected chi connectivity index (χ4v) is 1.03. The summed E-state index contributed by atoms with van der Waals surface area (Å²) in [6.07, 6.45) is 2.28. The van der Waals surface area contributed by atoms with Gasteiger partial charge in [-0.3, -0.25) is 4.79 Å². The molecule has 0 aliphatic rings. The van der Waals surface area contributed by atoms with Gasteiger partial charge in [0.05, 0.1) is 18.4 Å². The largest absolute Gasteiger partial charge is 0.387 e. The third kappa shape index (κ3) is 2.63. The fraction of sp³-hybridized carbons (Fsp3) is 0.400. The Bertz CT molecular complexity index is 411. The highest BCUT2D eigenvalue weighted by Gasteiger charge is 1.96. The second-order valence-corrected chi connectivity index (χ2v) is 2.73. The van der Waals surface area contributed by atoms with Crippen molar-refractivity contribution in [3.63, 3.8) is 0 Å². The number of hydrogen-bond acceptors (Lipinski definition) is 3. The minimum absolute atomic E-state index is 0.102. The summed E-state index contributed by atoms with van der Waals surface area (Å²) < 4.78 is 1.41. The molecule has 0 aliphatic heterocycles. The van der Waals surface area contributed by atoms with Crippen LogP contribution in [-0.2, 0) is 6.54 Å². The molecule has 14 heavy (non-hydrogen) atoms. The van der Waals surface area contributed by atoms with Gasteiger partial charge in [-0.15, -0.1) is 11.8 Å². The highest BCUT2D eigenvalue weighted by Crippen LogP contribution is 1.96. The monoisotopic (exact) mass is 191 g/mol. The second-order valence-electron chi connectivity index (χ2n) is 2.73. The van der Waals surface area contributed by atoms with Crippen molar-refractivity contribution in [2.75, 3.05) is 12.4 Å². The van der Waals surface area contributed by atoms with Crippen LogP contribution in [0.4, 0.5) is 5.69 Å². The molecular formula is C10H13N3O. The molecule has 0 spiro atoms. The normalized spacial score (nSPS) is 9.00. The quantitative estimate of drug-likeness (QED) is 0.715. The maximum atomic E-state index is 11.4. The van der Waals surface area contributed by atoms with Gasteiger partial charge in [0, 0.05) is 19.5 Å². The van der Waals surface area contributed by atoms with E-state index < -0.39 is 0 Å². The van der Waals surface area contributed by atoms with E-state index in [1.807, 2.05) is 0 Å². The van der Waals surface area contributed by atoms with Crippen molar-refractivity contribution in [3.8, 4) is 11.8 Å². The first-order valence-corrected chi connectivity index (χ1v) is 4.42. The summed E-state index contributed by atoms with van der Waals surface area (Å²) in [5, 5.41) is 6.85. The summed E-state index contributed by atoms with van der Waals surface area (Å²) in [6.45, 7) is 2.32. The lowest BCUT2D eigenvalue weighted by molar-refractivity contribution is 0.591. The van der Waals surface area contributed by atoms with Crippen LogP contribution in [0.15, 0.2) is 17.1 Å². The zero-order valence-electron chi connectivity index (χ0n) is 8.37. The van der Waals surface area contributed by atoms with E-state index in [9.17, 15) is 4.79 Å². The Kier molecular flexibility index (Phi) is 3.74. The van der Waals surface area contributed by atoms with E-state index in [0.29, 0.717) is 13.0 Å². The summed E-state index contributed by atoms with van der Waals surface area (Å²) in [7, 11) is 1.75. The van der Waals surface area contributed by atoms with Crippen LogP contribution >= 0.6 is 0 Å². The molecule has 0 aliphatic carbocycles. The lowest BCUT2D eigenvalue weighted by Gasteiger charge is -2.02. The Labute approximate surface area is 82.9 Å². The Morgan fingerprint density at radius 1 is 1.64 bits per heavy atom. The Morgan fingerprint density at radius 2 is 2.43 bits per heavy atom. The molecular weight excluding hydrogens is 178 g/mol. The van der Waals surface area contributed by atoms with Gasteiger partial charge in [0.2, 0.25) is 0 Å². The lowest BCUT2D eigenvalue weighted by atomic mass is 10.4. The van der Waals surface area contributed by atoms with Crippen LogP contribution in [0.1, 0.15) is 13.3 Å². The first-order chi connectivity index (χ1) is 6.77. The molecule has 0 bridgehead atoms. The topological polar surface area (TPSA) is 46.9 Å². The van der Waals surface area contributed by atoms with Crippen molar-refractivity contribution in [3.05, 3.63) is 22.6 Å². The van der Waals surface area contributed by atoms with Crippen LogP contribution in [0.3, 0.4) is 0 Å². The van der Waals surface area contributed by atoms with Gasteiger partial charge >= 0.3 is 0 Å². The molecule has 4 nitrogen and oxygen atoms in total. The summed E-state index contributed by atoms with van der Waals surface area (Å²) in [6, 6.07) is 1.52. The SMILES string of the molecule is CC#CCCn1ncc(NC)cc1=O. The van der Waals surface area contributed by atoms with Crippen molar-refractivity contribution in [1.82, 2.24) is 9.78 Å². The van der Waals surface area contributed by atoms with Gasteiger partial charge in [-0.2, -0.15) is 5.10 Å². The lowest BCUT2D eigenvalue weighted by Crippen LogP contribution is -2.22. The molecule has 4 heteroatoms. The second kappa shape index (κ2) is 5.07. The molecule has 0 atom stereocenters. The number of hydrogen-bond donors (Lipinski definition) is 1. The smallest absolute Gasteiger partial charge is 0.268 e. The van der Waals surface area contributed by atoms with E-state index in [0.717, 1.165) is 5.69 Å². The maximum Gasteiger partial charge on any atom is 0.268 e. The van der Waals surface area contributed by atoms with Crippen LogP contribution in [0.5, 0.6) is 0 Å². The molecule has 1 heterocycles. The van der Waals surface area contributed by atoms with Crippen LogP contribution < -0.4 is 10.9 Å². The fourth-order valence-electron chi connectivity index (χ4n) is 1.03. The number of nitrogens with zero attached hydrogens (tertiary/aromatic N) is 2. The summed E-state index contributed by atoms with van der Waals surface area (Å²) in [4.78, 5) is 11.4. The molecule has 1 rings (SSSR count). The molecule has 0 amide bonds. The van der Waals surface area contributed by atoms with E-state index in [1.54, 1.807) is 20.2 Å². The minimum atomic E-state index is -0.102. The van der Waals surface area contributed by atoms with Crippen molar-refractivity contribution in [2.45, 2.75) is 19.9 Å². The van der Waals surface area contributed by atoms with E-state index in [4.69, 9.17) is 0 Å². The third-order valence-electron chi connectivity index (χ3n) is 1.78. The van der Waals surface area contributed by atoms with Gasteiger partial charge in [0.1, 0.15) is 0 Å². The molecule has 0 fully saturated rings. The molecule has 1 aromatic rings. The molecule has 1 aromatic heterocycles. The van der Waals surface area contributed by atoms with E-state index >= 15 is 0 Å². The molecule has 0 saturated carbocycles. The predicted molar refractivity (Wildman–Crippen MR) is 56.1 cm³/mol. The highest BCUT2D eigenvalue weighted by molar-refractivity contribution is 5.37. The first-order valence-electron chi connectivity index (χ1n) is 4.42. The van der Waals surface area contributed by atoms with E-state index in [1.165, 1.54) is 10.7 Å². The van der Waals surface area contributed by atoms with Crippen molar-refractivity contribution in [2.24, 2.45) is 0 Å². The van der Waals surface area contributed by atoms with E-state index in [2.05, 4.69) is 22.3 Å². The molecule has 0 saturated heterocycles. The average molecular weight is 191 g/mol. The van der Waals surface area contributed by atoms with Crippen molar-refractivity contribution in [1.29, 1.82) is 0 Å². The number of aryl methyl sites for hydroxylation is 1. The molecule has 74 valence electrons. The van der Waals surface area contributed by atoms with Crippen LogP contribution in [-0.4, -0.2) is 16.8 Å². The Balaban J connectivity index is 2.77. The van der Waals surface area contributed by atoms with Crippen molar-refractivity contribution < 1.29 is 0 Å². The molecule has 0 unspecified atom stereocenters. The summed E-state index contributed by atoms with van der Waals surface area (Å²) in [5.74, 6) is 5.66. The summed E-state index contributed by atoms with van der Waals surface area (Å²) >= 11 is 0. The van der Waals surface area contributed by atoms with Crippen LogP contribution in [0.2, 0.25) is 0 Å². The Hall–Kier alpha value is -1.76. The van der Waals surface area contributed by atoms with Gasteiger partial charge in [0.25, 0.3) is 5.56 Å². The van der Waals surface area contributed by atoms with Crippen LogP contribution in [0, 0.1) is 11.8 Å². The number of rotatable bonds is 3. The van der Waals surface area contributed by atoms with Gasteiger partial charge in [-0.25, -0.2) is 4.68 Å². The zero-order valence-corrected chi connectivity index (χ0v) is 8.37. The van der Waals surface area contributed by atoms with Crippen molar-refractivity contribution >= 4 is 5.69 Å². The summed E-state index contributed by atoms with van der Waals surface area (Å²) in [5.41, 5.74) is 0.627. The number of anilines is 1. The number of nitrogens with one attached hydrogen (secondary N) is 1. The van der Waals surface area contributed by atoms with Gasteiger partial charge in [0.15, 0.2) is 0 Å². The van der Waals surface area contributed by atoms with Gasteiger partial charge in [-0.1, -0.05) is 0 Å². The zero-order chi connectivity index (χ0) is 10.4. The van der Waals surface area contributed by atoms with Crippen LogP contribution in [0.25, 0.3) is 0 Å². The van der Waals surface area contributed by atoms with E-state index in [-0.39, 0.29) is 5.56 Å². The molecule has 0 aromatic carbocycles. The van der Waals surface area contributed by atoms with Gasteiger partial charge < -0.3 is 5.32 Å². The third-order valence-corrected chi connectivity index (χ3v) is 1.78. The van der Waals surface area contributed by atoms with Gasteiger partial charge in [-0.05, 0) is 6.92 Å². The molecule has 1 N–H and O–H groups in total. The maximum absolute atomic E-state index is 11.4. The highest BCUT2D eigenvalue weighted by atomic mass is 16.1. The predicted octanol–water partition coefficient (Wildman–Crippen LogP) is 0.698.